The molecule has 1 aromatic carbocycles. The molecule has 0 atom stereocenters. The SMILES string of the molecule is CC1(C)OS(=O)(=O)C(c2ccc(F)cc2)=C1N. The molecular weight excluding hydrogens is 245 g/mol. The van der Waals surface area contributed by atoms with Gasteiger partial charge in [-0.15, -0.1) is 0 Å². The lowest BCUT2D eigenvalue weighted by Gasteiger charge is -2.15. The number of halogens is 1. The van der Waals surface area contributed by atoms with Crippen LogP contribution in [0.2, 0.25) is 0 Å². The van der Waals surface area contributed by atoms with Crippen LogP contribution >= 0.6 is 0 Å². The highest BCUT2D eigenvalue weighted by molar-refractivity contribution is 7.96. The summed E-state index contributed by atoms with van der Waals surface area (Å²) in [6, 6.07) is 5.08. The Balaban J connectivity index is 2.65. The van der Waals surface area contributed by atoms with Gasteiger partial charge in [0, 0.05) is 0 Å². The normalized spacial score (nSPS) is 21.8. The molecule has 0 fully saturated rings. The zero-order chi connectivity index (χ0) is 12.8. The lowest BCUT2D eigenvalue weighted by Crippen LogP contribution is -2.27. The first kappa shape index (κ1) is 12.1. The molecule has 0 radical (unpaired) electrons. The van der Waals surface area contributed by atoms with E-state index in [1.54, 1.807) is 13.8 Å². The average molecular weight is 257 g/mol. The Hall–Kier alpha value is -1.40. The molecule has 4 nitrogen and oxygen atoms in total. The maximum absolute atomic E-state index is 12.8. The van der Waals surface area contributed by atoms with Gasteiger partial charge in [0.25, 0.3) is 10.1 Å². The van der Waals surface area contributed by atoms with Gasteiger partial charge in [0.15, 0.2) is 0 Å². The van der Waals surface area contributed by atoms with Gasteiger partial charge in [0.05, 0.1) is 5.70 Å². The lowest BCUT2D eigenvalue weighted by molar-refractivity contribution is 0.170. The van der Waals surface area contributed by atoms with Gasteiger partial charge in [0.2, 0.25) is 0 Å². The lowest BCUT2D eigenvalue weighted by atomic mass is 10.0. The van der Waals surface area contributed by atoms with Crippen LogP contribution in [0.5, 0.6) is 0 Å². The fourth-order valence-corrected chi connectivity index (χ4v) is 3.33. The maximum Gasteiger partial charge on any atom is 0.300 e. The van der Waals surface area contributed by atoms with E-state index in [-0.39, 0.29) is 10.6 Å². The Morgan fingerprint density at radius 2 is 1.76 bits per heavy atom. The Morgan fingerprint density at radius 1 is 1.24 bits per heavy atom. The highest BCUT2D eigenvalue weighted by Crippen LogP contribution is 2.39. The molecule has 0 aliphatic carbocycles. The van der Waals surface area contributed by atoms with E-state index in [4.69, 9.17) is 9.92 Å². The molecule has 1 aliphatic rings. The van der Waals surface area contributed by atoms with Crippen LogP contribution in [0.3, 0.4) is 0 Å². The number of hydrogen-bond acceptors (Lipinski definition) is 4. The second-order valence-electron chi connectivity index (χ2n) is 4.30. The summed E-state index contributed by atoms with van der Waals surface area (Å²) in [7, 11) is -3.88. The number of benzene rings is 1. The second-order valence-corrected chi connectivity index (χ2v) is 5.78. The molecule has 1 aromatic rings. The van der Waals surface area contributed by atoms with Gasteiger partial charge >= 0.3 is 0 Å². The van der Waals surface area contributed by atoms with E-state index in [2.05, 4.69) is 0 Å². The monoisotopic (exact) mass is 257 g/mol. The molecule has 6 heteroatoms. The highest BCUT2D eigenvalue weighted by Gasteiger charge is 2.43. The van der Waals surface area contributed by atoms with Crippen molar-refractivity contribution in [1.82, 2.24) is 0 Å². The summed E-state index contributed by atoms with van der Waals surface area (Å²) in [6.07, 6.45) is 0. The molecule has 2 N–H and O–H groups in total. The van der Waals surface area contributed by atoms with E-state index >= 15 is 0 Å². The fraction of sp³-hybridized carbons (Fsp3) is 0.273. The van der Waals surface area contributed by atoms with Crippen LogP contribution in [-0.4, -0.2) is 14.0 Å². The molecule has 0 saturated heterocycles. The van der Waals surface area contributed by atoms with Crippen molar-refractivity contribution in [3.63, 3.8) is 0 Å². The third-order valence-electron chi connectivity index (χ3n) is 2.57. The molecule has 1 aliphatic heterocycles. The van der Waals surface area contributed by atoms with Crippen LogP contribution in [0.15, 0.2) is 30.0 Å². The van der Waals surface area contributed by atoms with Gasteiger partial charge in [0.1, 0.15) is 16.3 Å². The van der Waals surface area contributed by atoms with Crippen LogP contribution in [0, 0.1) is 5.82 Å². The third kappa shape index (κ3) is 1.94. The summed E-state index contributed by atoms with van der Waals surface area (Å²) in [5, 5.41) is 0. The predicted molar refractivity (Wildman–Crippen MR) is 61.6 cm³/mol. The van der Waals surface area contributed by atoms with Crippen LogP contribution in [0.4, 0.5) is 4.39 Å². The Kier molecular flexibility index (Phi) is 2.52. The minimum atomic E-state index is -3.88. The molecule has 0 bridgehead atoms. The van der Waals surface area contributed by atoms with Crippen LogP contribution in [-0.2, 0) is 14.3 Å². The van der Waals surface area contributed by atoms with Gasteiger partial charge < -0.3 is 5.73 Å². The number of nitrogens with two attached hydrogens (primary N) is 1. The van der Waals surface area contributed by atoms with Gasteiger partial charge in [-0.1, -0.05) is 12.1 Å². The molecule has 0 spiro atoms. The van der Waals surface area contributed by atoms with E-state index in [0.717, 1.165) is 0 Å². The van der Waals surface area contributed by atoms with E-state index in [1.807, 2.05) is 0 Å². The summed E-state index contributed by atoms with van der Waals surface area (Å²) in [4.78, 5) is -0.0810. The molecule has 1 heterocycles. The van der Waals surface area contributed by atoms with Gasteiger partial charge in [-0.2, -0.15) is 8.42 Å². The molecular formula is C11H12FNO3S. The Morgan fingerprint density at radius 3 is 2.18 bits per heavy atom. The van der Waals surface area contributed by atoms with Crippen molar-refractivity contribution in [1.29, 1.82) is 0 Å². The maximum atomic E-state index is 12.8. The zero-order valence-electron chi connectivity index (χ0n) is 9.40. The topological polar surface area (TPSA) is 69.4 Å². The van der Waals surface area contributed by atoms with Crippen LogP contribution in [0.1, 0.15) is 19.4 Å². The minimum Gasteiger partial charge on any atom is -0.398 e. The minimum absolute atomic E-state index is 0.0810. The molecule has 17 heavy (non-hydrogen) atoms. The van der Waals surface area contributed by atoms with Crippen molar-refractivity contribution in [2.24, 2.45) is 5.73 Å². The molecule has 0 aromatic heterocycles. The van der Waals surface area contributed by atoms with E-state index in [1.165, 1.54) is 24.3 Å². The Labute approximate surface area is 99.0 Å². The molecule has 2 rings (SSSR count). The van der Waals surface area contributed by atoms with Gasteiger partial charge in [-0.05, 0) is 31.5 Å². The number of hydrogen-bond donors (Lipinski definition) is 1. The first-order chi connectivity index (χ1) is 7.74. The average Bonchev–Trinajstić information content (AvgIpc) is 2.34. The predicted octanol–water partition coefficient (Wildman–Crippen LogP) is 1.59. The smallest absolute Gasteiger partial charge is 0.300 e. The number of rotatable bonds is 1. The van der Waals surface area contributed by atoms with Crippen molar-refractivity contribution in [2.45, 2.75) is 19.4 Å². The Bertz CT molecular complexity index is 588. The van der Waals surface area contributed by atoms with Crippen molar-refractivity contribution in [2.75, 3.05) is 0 Å². The molecule has 0 amide bonds. The van der Waals surface area contributed by atoms with Crippen LogP contribution < -0.4 is 5.73 Å². The van der Waals surface area contributed by atoms with E-state index < -0.39 is 21.5 Å². The van der Waals surface area contributed by atoms with E-state index in [0.29, 0.717) is 5.56 Å². The first-order valence-corrected chi connectivity index (χ1v) is 6.37. The van der Waals surface area contributed by atoms with E-state index in [9.17, 15) is 12.8 Å². The fourth-order valence-electron chi connectivity index (χ4n) is 1.67. The summed E-state index contributed by atoms with van der Waals surface area (Å²) in [5.41, 5.74) is 5.17. The van der Waals surface area contributed by atoms with Gasteiger partial charge in [-0.25, -0.2) is 4.39 Å². The summed E-state index contributed by atoms with van der Waals surface area (Å²) in [5.74, 6) is -0.441. The largest absolute Gasteiger partial charge is 0.398 e. The van der Waals surface area contributed by atoms with Crippen molar-refractivity contribution in [3.05, 3.63) is 41.3 Å². The quantitative estimate of drug-likeness (QED) is 0.776. The summed E-state index contributed by atoms with van der Waals surface area (Å²) in [6.45, 7) is 3.13. The van der Waals surface area contributed by atoms with Gasteiger partial charge in [-0.3, -0.25) is 4.18 Å². The summed E-state index contributed by atoms with van der Waals surface area (Å²) >= 11 is 0. The van der Waals surface area contributed by atoms with Crippen molar-refractivity contribution < 1.29 is 17.0 Å². The summed E-state index contributed by atoms with van der Waals surface area (Å²) < 4.78 is 41.4. The second kappa shape index (κ2) is 3.54. The van der Waals surface area contributed by atoms with Crippen LogP contribution in [0.25, 0.3) is 4.91 Å². The molecule has 92 valence electrons. The van der Waals surface area contributed by atoms with Crippen molar-refractivity contribution >= 4 is 15.0 Å². The first-order valence-electron chi connectivity index (χ1n) is 4.96. The molecule has 0 unspecified atom stereocenters. The third-order valence-corrected chi connectivity index (χ3v) is 4.16. The molecule has 0 saturated carbocycles. The zero-order valence-corrected chi connectivity index (χ0v) is 10.2. The van der Waals surface area contributed by atoms with Crippen molar-refractivity contribution in [3.8, 4) is 0 Å². The standard InChI is InChI=1S/C11H12FNO3S/c1-11(2)10(13)9(17(14,15)16-11)7-3-5-8(12)6-4-7/h3-6H,13H2,1-2H3. The highest BCUT2D eigenvalue weighted by atomic mass is 32.2.